The second-order valence-electron chi connectivity index (χ2n) is 4.80. The predicted molar refractivity (Wildman–Crippen MR) is 78.3 cm³/mol. The van der Waals surface area contributed by atoms with E-state index in [4.69, 9.17) is 11.6 Å². The molecule has 5 heteroatoms. The molecule has 0 saturated heterocycles. The number of halogens is 3. The van der Waals surface area contributed by atoms with Gasteiger partial charge in [-0.2, -0.15) is 0 Å². The highest BCUT2D eigenvalue weighted by molar-refractivity contribution is 6.31. The lowest BCUT2D eigenvalue weighted by Gasteiger charge is -2.19. The molecule has 0 aliphatic heterocycles. The zero-order valence-electron chi connectivity index (χ0n) is 11.7. The van der Waals surface area contributed by atoms with Crippen molar-refractivity contribution in [3.8, 4) is 0 Å². The molecular weight excluding hydrogens is 296 g/mol. The maximum absolute atomic E-state index is 14.0. The van der Waals surface area contributed by atoms with Gasteiger partial charge in [0.15, 0.2) is 0 Å². The molecular formula is C16H14ClF2NO. The van der Waals surface area contributed by atoms with E-state index >= 15 is 0 Å². The van der Waals surface area contributed by atoms with E-state index in [1.807, 2.05) is 0 Å². The van der Waals surface area contributed by atoms with Crippen molar-refractivity contribution in [3.05, 3.63) is 69.7 Å². The highest BCUT2D eigenvalue weighted by Gasteiger charge is 2.19. The number of benzene rings is 2. The van der Waals surface area contributed by atoms with Gasteiger partial charge >= 0.3 is 0 Å². The third-order valence-electron chi connectivity index (χ3n) is 3.23. The Bertz CT molecular complexity index is 668. The van der Waals surface area contributed by atoms with Gasteiger partial charge < -0.3 is 4.90 Å². The topological polar surface area (TPSA) is 20.3 Å². The minimum atomic E-state index is -0.561. The number of rotatable bonds is 3. The van der Waals surface area contributed by atoms with Gasteiger partial charge in [-0.1, -0.05) is 29.8 Å². The van der Waals surface area contributed by atoms with Crippen LogP contribution in [-0.2, 0) is 6.54 Å². The molecule has 0 heterocycles. The van der Waals surface area contributed by atoms with Gasteiger partial charge in [0, 0.05) is 24.2 Å². The van der Waals surface area contributed by atoms with E-state index in [0.29, 0.717) is 5.56 Å². The molecule has 1 amide bonds. The minimum Gasteiger partial charge on any atom is -0.337 e. The van der Waals surface area contributed by atoms with Crippen LogP contribution in [0.25, 0.3) is 0 Å². The summed E-state index contributed by atoms with van der Waals surface area (Å²) in [7, 11) is 1.48. The Balaban J connectivity index is 2.26. The largest absolute Gasteiger partial charge is 0.337 e. The van der Waals surface area contributed by atoms with Gasteiger partial charge in [0.2, 0.25) is 0 Å². The van der Waals surface area contributed by atoms with Crippen molar-refractivity contribution in [1.82, 2.24) is 4.90 Å². The molecule has 2 nitrogen and oxygen atoms in total. The molecule has 2 rings (SSSR count). The Morgan fingerprint density at radius 3 is 2.52 bits per heavy atom. The summed E-state index contributed by atoms with van der Waals surface area (Å²) < 4.78 is 27.7. The van der Waals surface area contributed by atoms with E-state index in [1.54, 1.807) is 25.1 Å². The number of hydrogen-bond acceptors (Lipinski definition) is 1. The lowest BCUT2D eigenvalue weighted by Crippen LogP contribution is -2.27. The van der Waals surface area contributed by atoms with Crippen LogP contribution in [0.2, 0.25) is 5.02 Å². The molecule has 0 bridgehead atoms. The summed E-state index contributed by atoms with van der Waals surface area (Å²) in [5.74, 6) is -1.57. The summed E-state index contributed by atoms with van der Waals surface area (Å²) in [6, 6.07) is 8.90. The van der Waals surface area contributed by atoms with Crippen molar-refractivity contribution in [2.45, 2.75) is 13.5 Å². The van der Waals surface area contributed by atoms with Crippen molar-refractivity contribution in [2.24, 2.45) is 0 Å². The molecule has 0 unspecified atom stereocenters. The van der Waals surface area contributed by atoms with Crippen LogP contribution in [0.4, 0.5) is 8.78 Å². The fourth-order valence-corrected chi connectivity index (χ4v) is 2.23. The van der Waals surface area contributed by atoms with Crippen LogP contribution in [0.1, 0.15) is 21.5 Å². The summed E-state index contributed by atoms with van der Waals surface area (Å²) in [5, 5.41) is 0.236. The zero-order chi connectivity index (χ0) is 15.6. The Morgan fingerprint density at radius 1 is 1.19 bits per heavy atom. The van der Waals surface area contributed by atoms with Crippen LogP contribution >= 0.6 is 11.6 Å². The van der Waals surface area contributed by atoms with Gasteiger partial charge in [-0.3, -0.25) is 4.79 Å². The van der Waals surface area contributed by atoms with Gasteiger partial charge in [-0.05, 0) is 30.7 Å². The Labute approximate surface area is 127 Å². The van der Waals surface area contributed by atoms with E-state index in [0.717, 1.165) is 0 Å². The van der Waals surface area contributed by atoms with E-state index in [-0.39, 0.29) is 22.7 Å². The van der Waals surface area contributed by atoms with Crippen molar-refractivity contribution < 1.29 is 13.6 Å². The first kappa shape index (κ1) is 15.4. The number of carbonyl (C=O) groups excluding carboxylic acids is 1. The molecule has 0 radical (unpaired) electrons. The van der Waals surface area contributed by atoms with Crippen molar-refractivity contribution in [2.75, 3.05) is 7.05 Å². The monoisotopic (exact) mass is 309 g/mol. The van der Waals surface area contributed by atoms with E-state index < -0.39 is 17.5 Å². The molecule has 0 fully saturated rings. The minimum absolute atomic E-state index is 0.0300. The number of hydrogen-bond donors (Lipinski definition) is 0. The second kappa shape index (κ2) is 6.22. The Hall–Kier alpha value is -1.94. The maximum atomic E-state index is 14.0. The van der Waals surface area contributed by atoms with Gasteiger partial charge in [0.1, 0.15) is 11.6 Å². The van der Waals surface area contributed by atoms with E-state index in [1.165, 1.54) is 30.1 Å². The fraction of sp³-hybridized carbons (Fsp3) is 0.188. The summed E-state index contributed by atoms with van der Waals surface area (Å²) in [6.07, 6.45) is 0. The Kier molecular flexibility index (Phi) is 4.58. The van der Waals surface area contributed by atoms with Crippen LogP contribution in [0.5, 0.6) is 0 Å². The third-order valence-corrected chi connectivity index (χ3v) is 3.58. The highest BCUT2D eigenvalue weighted by atomic mass is 35.5. The first-order chi connectivity index (χ1) is 9.91. The zero-order valence-corrected chi connectivity index (χ0v) is 12.4. The van der Waals surface area contributed by atoms with E-state index in [9.17, 15) is 13.6 Å². The summed E-state index contributed by atoms with van der Waals surface area (Å²) in [4.78, 5) is 13.5. The van der Waals surface area contributed by atoms with Gasteiger partial charge in [0.05, 0.1) is 5.56 Å². The summed E-state index contributed by atoms with van der Waals surface area (Å²) >= 11 is 5.93. The molecule has 2 aromatic carbocycles. The quantitative estimate of drug-likeness (QED) is 0.832. The molecule has 0 aromatic heterocycles. The molecule has 0 aliphatic rings. The van der Waals surface area contributed by atoms with E-state index in [2.05, 4.69) is 0 Å². The molecule has 0 N–H and O–H groups in total. The van der Waals surface area contributed by atoms with Crippen molar-refractivity contribution in [1.29, 1.82) is 0 Å². The average molecular weight is 310 g/mol. The number of nitrogens with zero attached hydrogens (tertiary/aromatic N) is 1. The molecule has 0 saturated carbocycles. The first-order valence-electron chi connectivity index (χ1n) is 6.35. The van der Waals surface area contributed by atoms with Crippen LogP contribution < -0.4 is 0 Å². The number of carbonyl (C=O) groups is 1. The first-order valence-corrected chi connectivity index (χ1v) is 6.73. The molecule has 0 atom stereocenters. The second-order valence-corrected chi connectivity index (χ2v) is 5.21. The third kappa shape index (κ3) is 3.22. The molecule has 21 heavy (non-hydrogen) atoms. The number of amides is 1. The van der Waals surface area contributed by atoms with Crippen LogP contribution in [-0.4, -0.2) is 17.9 Å². The van der Waals surface area contributed by atoms with Crippen LogP contribution in [0.15, 0.2) is 36.4 Å². The predicted octanol–water partition coefficient (Wildman–Crippen LogP) is 4.20. The van der Waals surface area contributed by atoms with Crippen molar-refractivity contribution >= 4 is 17.5 Å². The standard InChI is InChI=1S/C16H14ClF2NO/c1-10-5-3-6-11(15(10)19)16(21)20(2)9-12-13(17)7-4-8-14(12)18/h3-8H,9H2,1-2H3. The smallest absolute Gasteiger partial charge is 0.256 e. The molecule has 2 aromatic rings. The Morgan fingerprint density at radius 2 is 1.86 bits per heavy atom. The summed E-state index contributed by atoms with van der Waals surface area (Å²) in [6.45, 7) is 1.55. The molecule has 110 valence electrons. The average Bonchev–Trinajstić information content (AvgIpc) is 2.45. The van der Waals surface area contributed by atoms with Gasteiger partial charge in [-0.15, -0.1) is 0 Å². The fourth-order valence-electron chi connectivity index (χ4n) is 2.01. The molecule has 0 spiro atoms. The SMILES string of the molecule is Cc1cccc(C(=O)N(C)Cc2c(F)cccc2Cl)c1F. The molecule has 0 aliphatic carbocycles. The lowest BCUT2D eigenvalue weighted by atomic mass is 10.1. The highest BCUT2D eigenvalue weighted by Crippen LogP contribution is 2.22. The summed E-state index contributed by atoms with van der Waals surface area (Å²) in [5.41, 5.74) is 0.561. The van der Waals surface area contributed by atoms with Crippen LogP contribution in [0.3, 0.4) is 0 Å². The number of aryl methyl sites for hydroxylation is 1. The lowest BCUT2D eigenvalue weighted by molar-refractivity contribution is 0.0779. The van der Waals surface area contributed by atoms with Crippen LogP contribution in [0, 0.1) is 18.6 Å². The van der Waals surface area contributed by atoms with Crippen molar-refractivity contribution in [3.63, 3.8) is 0 Å². The normalized spacial score (nSPS) is 10.5. The van der Waals surface area contributed by atoms with Gasteiger partial charge in [0.25, 0.3) is 5.91 Å². The van der Waals surface area contributed by atoms with Gasteiger partial charge in [-0.25, -0.2) is 8.78 Å². The maximum Gasteiger partial charge on any atom is 0.256 e.